The van der Waals surface area contributed by atoms with Crippen molar-refractivity contribution in [2.45, 2.75) is 39.2 Å². The van der Waals surface area contributed by atoms with Crippen LogP contribution in [0.2, 0.25) is 5.02 Å². The lowest BCUT2D eigenvalue weighted by atomic mass is 9.85. The predicted octanol–water partition coefficient (Wildman–Crippen LogP) is 7.73. The highest BCUT2D eigenvalue weighted by Gasteiger charge is 2.47. The van der Waals surface area contributed by atoms with Crippen molar-refractivity contribution in [1.82, 2.24) is 0 Å². The van der Waals surface area contributed by atoms with Crippen LogP contribution in [0.25, 0.3) is 16.5 Å². The van der Waals surface area contributed by atoms with Crippen LogP contribution in [0.5, 0.6) is 0 Å². The molecular weight excluding hydrogens is 482 g/mol. The number of carbonyl (C=O) groups excluding carboxylic acids is 2. The molecule has 1 N–H and O–H groups in total. The van der Waals surface area contributed by atoms with Crippen LogP contribution in [-0.2, 0) is 15.0 Å². The van der Waals surface area contributed by atoms with Gasteiger partial charge in [0.15, 0.2) is 0 Å². The largest absolute Gasteiger partial charge is 0.507 e. The number of hydrogen-bond donors (Lipinski definition) is 1. The van der Waals surface area contributed by atoms with E-state index in [-0.39, 0.29) is 16.7 Å². The minimum atomic E-state index is -0.808. The third-order valence-electron chi connectivity index (χ3n) is 7.06. The van der Waals surface area contributed by atoms with E-state index in [4.69, 9.17) is 11.6 Å². The molecule has 5 rings (SSSR count). The molecule has 1 aliphatic heterocycles. The topological polar surface area (TPSA) is 57.6 Å². The lowest BCUT2D eigenvalue weighted by Crippen LogP contribution is -2.30. The quantitative estimate of drug-likeness (QED) is 0.175. The normalized spacial score (nSPS) is 17.5. The first-order chi connectivity index (χ1) is 17.6. The van der Waals surface area contributed by atoms with Crippen LogP contribution >= 0.6 is 11.6 Å². The molecule has 186 valence electrons. The molecule has 0 bridgehead atoms. The minimum Gasteiger partial charge on any atom is -0.507 e. The van der Waals surface area contributed by atoms with E-state index in [1.54, 1.807) is 24.3 Å². The zero-order chi connectivity index (χ0) is 26.5. The molecule has 0 radical (unpaired) electrons. The van der Waals surface area contributed by atoms with Crippen LogP contribution in [0.4, 0.5) is 5.69 Å². The number of nitrogens with zero attached hydrogens (tertiary/aromatic N) is 1. The Morgan fingerprint density at radius 1 is 0.865 bits per heavy atom. The summed E-state index contributed by atoms with van der Waals surface area (Å²) in [6.07, 6.45) is 0. The number of hydrogen-bond acceptors (Lipinski definition) is 3. The zero-order valence-corrected chi connectivity index (χ0v) is 22.0. The van der Waals surface area contributed by atoms with Gasteiger partial charge in [-0.15, -0.1) is 0 Å². The lowest BCUT2D eigenvalue weighted by Gasteiger charge is -2.28. The lowest BCUT2D eigenvalue weighted by molar-refractivity contribution is -0.132. The fraction of sp³-hybridized carbons (Fsp3) is 0.188. The average molecular weight is 510 g/mol. The third-order valence-corrected chi connectivity index (χ3v) is 7.47. The molecule has 0 aromatic heterocycles. The summed E-state index contributed by atoms with van der Waals surface area (Å²) >= 11 is 6.41. The van der Waals surface area contributed by atoms with Gasteiger partial charge >= 0.3 is 0 Å². The van der Waals surface area contributed by atoms with Gasteiger partial charge in [-0.05, 0) is 58.0 Å². The average Bonchev–Trinajstić information content (AvgIpc) is 3.14. The van der Waals surface area contributed by atoms with Crippen molar-refractivity contribution in [3.63, 3.8) is 0 Å². The van der Waals surface area contributed by atoms with Gasteiger partial charge in [0.1, 0.15) is 5.76 Å². The van der Waals surface area contributed by atoms with E-state index < -0.39 is 17.7 Å². The fourth-order valence-electron chi connectivity index (χ4n) is 4.91. The van der Waals surface area contributed by atoms with Crippen molar-refractivity contribution in [1.29, 1.82) is 0 Å². The standard InChI is InChI=1S/C32H28ClNO3/c1-19-25(33)10-7-11-26(19)34-28(21-14-16-24(17-15-21)32(2,3)4)27(30(36)31(34)37)29(35)23-13-12-20-8-5-6-9-22(20)18-23/h5-18,28,35H,1-4H3/b29-27-. The molecule has 1 amide bonds. The highest BCUT2D eigenvalue weighted by Crippen LogP contribution is 2.44. The molecule has 37 heavy (non-hydrogen) atoms. The molecule has 1 fully saturated rings. The highest BCUT2D eigenvalue weighted by molar-refractivity contribution is 6.52. The molecule has 0 saturated carbocycles. The smallest absolute Gasteiger partial charge is 0.300 e. The molecule has 5 heteroatoms. The van der Waals surface area contributed by atoms with Gasteiger partial charge in [-0.3, -0.25) is 14.5 Å². The van der Waals surface area contributed by atoms with Gasteiger partial charge in [0, 0.05) is 16.3 Å². The van der Waals surface area contributed by atoms with Gasteiger partial charge in [-0.1, -0.05) is 99.1 Å². The molecule has 0 spiro atoms. The van der Waals surface area contributed by atoms with Gasteiger partial charge in [0.2, 0.25) is 0 Å². The van der Waals surface area contributed by atoms with E-state index in [0.29, 0.717) is 21.8 Å². The van der Waals surface area contributed by atoms with E-state index in [0.717, 1.165) is 21.9 Å². The Morgan fingerprint density at radius 2 is 1.54 bits per heavy atom. The number of aliphatic hydroxyl groups is 1. The Morgan fingerprint density at radius 3 is 2.22 bits per heavy atom. The number of rotatable bonds is 3. The molecule has 4 nitrogen and oxygen atoms in total. The van der Waals surface area contributed by atoms with E-state index in [1.165, 1.54) is 4.90 Å². The summed E-state index contributed by atoms with van der Waals surface area (Å²) in [7, 11) is 0. The second kappa shape index (κ2) is 9.20. The van der Waals surface area contributed by atoms with Gasteiger partial charge in [0.05, 0.1) is 11.6 Å². The van der Waals surface area contributed by atoms with Crippen LogP contribution < -0.4 is 4.90 Å². The van der Waals surface area contributed by atoms with Crippen molar-refractivity contribution in [2.75, 3.05) is 4.90 Å². The second-order valence-corrected chi connectivity index (χ2v) is 10.9. The first kappa shape index (κ1) is 24.8. The highest BCUT2D eigenvalue weighted by atomic mass is 35.5. The number of Topliss-reactive ketones (excluding diaryl/α,β-unsaturated/α-hetero) is 1. The van der Waals surface area contributed by atoms with Crippen LogP contribution in [0, 0.1) is 6.92 Å². The predicted molar refractivity (Wildman–Crippen MR) is 150 cm³/mol. The summed E-state index contributed by atoms with van der Waals surface area (Å²) in [4.78, 5) is 28.5. The third kappa shape index (κ3) is 4.32. The van der Waals surface area contributed by atoms with Gasteiger partial charge in [-0.25, -0.2) is 0 Å². The summed E-state index contributed by atoms with van der Waals surface area (Å²) < 4.78 is 0. The number of anilines is 1. The molecule has 1 atom stereocenters. The number of benzene rings is 4. The molecule has 4 aromatic carbocycles. The van der Waals surface area contributed by atoms with Crippen molar-refractivity contribution in [3.8, 4) is 0 Å². The van der Waals surface area contributed by atoms with Gasteiger partial charge in [0.25, 0.3) is 11.7 Å². The summed E-state index contributed by atoms with van der Waals surface area (Å²) in [6, 6.07) is 25.7. The Bertz CT molecular complexity index is 1580. The molecular formula is C32H28ClNO3. The Labute approximate surface area is 221 Å². The SMILES string of the molecule is Cc1c(Cl)cccc1N1C(=O)C(=O)/C(=C(\O)c2ccc3ccccc3c2)C1c1ccc(C(C)(C)C)cc1. The molecule has 1 unspecified atom stereocenters. The number of ketones is 1. The monoisotopic (exact) mass is 509 g/mol. The van der Waals surface area contributed by atoms with E-state index in [1.807, 2.05) is 67.6 Å². The van der Waals surface area contributed by atoms with Crippen molar-refractivity contribution in [2.24, 2.45) is 0 Å². The first-order valence-electron chi connectivity index (χ1n) is 12.2. The number of fused-ring (bicyclic) bond motifs is 1. The van der Waals surface area contributed by atoms with E-state index in [2.05, 4.69) is 20.8 Å². The maximum absolute atomic E-state index is 13.5. The van der Waals surface area contributed by atoms with Crippen LogP contribution in [0.1, 0.15) is 49.1 Å². The molecule has 4 aromatic rings. The number of carbonyl (C=O) groups is 2. The number of halogens is 1. The Hall–Kier alpha value is -3.89. The minimum absolute atomic E-state index is 0.0585. The molecule has 1 aliphatic rings. The van der Waals surface area contributed by atoms with Crippen molar-refractivity contribution >= 4 is 45.5 Å². The van der Waals surface area contributed by atoms with Crippen LogP contribution in [-0.4, -0.2) is 16.8 Å². The van der Waals surface area contributed by atoms with E-state index >= 15 is 0 Å². The maximum atomic E-state index is 13.5. The fourth-order valence-corrected chi connectivity index (χ4v) is 5.08. The van der Waals surface area contributed by atoms with Gasteiger partial charge < -0.3 is 5.11 Å². The Kier molecular flexibility index (Phi) is 6.17. The van der Waals surface area contributed by atoms with E-state index in [9.17, 15) is 14.7 Å². The zero-order valence-electron chi connectivity index (χ0n) is 21.2. The second-order valence-electron chi connectivity index (χ2n) is 10.5. The molecule has 1 saturated heterocycles. The summed E-state index contributed by atoms with van der Waals surface area (Å²) in [6.45, 7) is 8.20. The van der Waals surface area contributed by atoms with Crippen LogP contribution in [0.15, 0.2) is 90.5 Å². The maximum Gasteiger partial charge on any atom is 0.300 e. The number of aliphatic hydroxyl groups excluding tert-OH is 1. The van der Waals surface area contributed by atoms with Crippen molar-refractivity contribution in [3.05, 3.63) is 118 Å². The summed E-state index contributed by atoms with van der Waals surface area (Å²) in [5.74, 6) is -1.62. The number of amides is 1. The van der Waals surface area contributed by atoms with Gasteiger partial charge in [-0.2, -0.15) is 0 Å². The molecule has 1 heterocycles. The summed E-state index contributed by atoms with van der Waals surface area (Å²) in [5.41, 5.74) is 3.56. The first-order valence-corrected chi connectivity index (χ1v) is 12.6. The summed E-state index contributed by atoms with van der Waals surface area (Å²) in [5, 5.41) is 14.0. The Balaban J connectivity index is 1.74. The molecule has 0 aliphatic carbocycles. The van der Waals surface area contributed by atoms with Crippen molar-refractivity contribution < 1.29 is 14.7 Å². The van der Waals surface area contributed by atoms with Crippen LogP contribution in [0.3, 0.4) is 0 Å².